The molecule has 1 aliphatic heterocycles. The molecule has 0 unspecified atom stereocenters. The third-order valence-corrected chi connectivity index (χ3v) is 6.35. The van der Waals surface area contributed by atoms with Crippen molar-refractivity contribution in [2.45, 2.75) is 25.5 Å². The number of benzene rings is 2. The Morgan fingerprint density at radius 2 is 1.69 bits per heavy atom. The number of ether oxygens (including phenoxy) is 2. The zero-order chi connectivity index (χ0) is 20.9. The molecule has 1 saturated heterocycles. The molecule has 1 fully saturated rings. The van der Waals surface area contributed by atoms with E-state index in [9.17, 15) is 18.0 Å². The van der Waals surface area contributed by atoms with Crippen molar-refractivity contribution in [1.29, 1.82) is 0 Å². The zero-order valence-corrected chi connectivity index (χ0v) is 16.9. The van der Waals surface area contributed by atoms with Gasteiger partial charge in [-0.3, -0.25) is 4.79 Å². The molecule has 0 radical (unpaired) electrons. The highest BCUT2D eigenvalue weighted by Gasteiger charge is 2.36. The maximum absolute atomic E-state index is 12.8. The average molecular weight is 417 g/mol. The van der Waals surface area contributed by atoms with Crippen LogP contribution in [0.5, 0.6) is 5.75 Å². The van der Waals surface area contributed by atoms with Crippen LogP contribution < -0.4 is 9.64 Å². The van der Waals surface area contributed by atoms with Crippen molar-refractivity contribution in [3.8, 4) is 5.75 Å². The van der Waals surface area contributed by atoms with E-state index in [1.54, 1.807) is 54.6 Å². The van der Waals surface area contributed by atoms with Gasteiger partial charge in [0, 0.05) is 5.69 Å². The summed E-state index contributed by atoms with van der Waals surface area (Å²) in [5.41, 5.74) is 0.573. The van der Waals surface area contributed by atoms with Crippen LogP contribution in [0.3, 0.4) is 0 Å². The van der Waals surface area contributed by atoms with Crippen LogP contribution >= 0.6 is 0 Å². The van der Waals surface area contributed by atoms with Crippen molar-refractivity contribution < 1.29 is 27.5 Å². The van der Waals surface area contributed by atoms with Crippen LogP contribution in [0.15, 0.2) is 60.7 Å². The molecule has 2 aromatic rings. The lowest BCUT2D eigenvalue weighted by atomic mass is 10.2. The van der Waals surface area contributed by atoms with Crippen molar-refractivity contribution in [3.63, 3.8) is 0 Å². The number of hydrogen-bond acceptors (Lipinski definition) is 6. The number of sulfone groups is 1. The smallest absolute Gasteiger partial charge is 0.347 e. The zero-order valence-electron chi connectivity index (χ0n) is 16.1. The van der Waals surface area contributed by atoms with Crippen LogP contribution in [-0.2, 0) is 24.2 Å². The molecular formula is C21H23NO6S. The predicted molar refractivity (Wildman–Crippen MR) is 108 cm³/mol. The number of hydrogen-bond donors (Lipinski definition) is 0. The van der Waals surface area contributed by atoms with E-state index in [-0.39, 0.29) is 11.5 Å². The summed E-state index contributed by atoms with van der Waals surface area (Å²) in [6.07, 6.45) is -0.535. The number of anilines is 1. The van der Waals surface area contributed by atoms with Crippen molar-refractivity contribution in [2.75, 3.05) is 23.0 Å². The number of nitrogens with zero attached hydrogens (tertiary/aromatic N) is 1. The molecular weight excluding hydrogens is 394 g/mol. The third kappa shape index (κ3) is 5.57. The van der Waals surface area contributed by atoms with E-state index in [4.69, 9.17) is 9.47 Å². The Kier molecular flexibility index (Phi) is 6.53. The van der Waals surface area contributed by atoms with Gasteiger partial charge in [-0.2, -0.15) is 0 Å². The van der Waals surface area contributed by atoms with Gasteiger partial charge in [-0.1, -0.05) is 36.4 Å². The molecule has 8 heteroatoms. The highest BCUT2D eigenvalue weighted by molar-refractivity contribution is 7.91. The fourth-order valence-corrected chi connectivity index (χ4v) is 4.90. The summed E-state index contributed by atoms with van der Waals surface area (Å²) in [7, 11) is -3.18. The van der Waals surface area contributed by atoms with E-state index in [0.29, 0.717) is 17.9 Å². The van der Waals surface area contributed by atoms with Crippen LogP contribution in [-0.4, -0.2) is 50.6 Å². The van der Waals surface area contributed by atoms with Crippen molar-refractivity contribution in [3.05, 3.63) is 60.7 Å². The average Bonchev–Trinajstić information content (AvgIpc) is 3.07. The number of amides is 1. The van der Waals surface area contributed by atoms with Crippen molar-refractivity contribution >= 4 is 27.4 Å². The summed E-state index contributed by atoms with van der Waals surface area (Å²) in [6.45, 7) is 1.05. The quantitative estimate of drug-likeness (QED) is 0.642. The number of para-hydroxylation sites is 2. The first-order valence-corrected chi connectivity index (χ1v) is 11.1. The monoisotopic (exact) mass is 417 g/mol. The molecule has 3 rings (SSSR count). The lowest BCUT2D eigenvalue weighted by Gasteiger charge is -2.28. The molecule has 1 aliphatic rings. The summed E-state index contributed by atoms with van der Waals surface area (Å²) >= 11 is 0. The predicted octanol–water partition coefficient (Wildman–Crippen LogP) is 2.22. The topological polar surface area (TPSA) is 90.0 Å². The van der Waals surface area contributed by atoms with Crippen molar-refractivity contribution in [2.24, 2.45) is 0 Å². The Balaban J connectivity index is 1.64. The van der Waals surface area contributed by atoms with E-state index in [1.165, 1.54) is 11.8 Å². The van der Waals surface area contributed by atoms with Gasteiger partial charge in [0.2, 0.25) is 0 Å². The Labute approximate surface area is 170 Å². The maximum atomic E-state index is 12.8. The first kappa shape index (κ1) is 20.9. The van der Waals surface area contributed by atoms with Gasteiger partial charge >= 0.3 is 5.97 Å². The number of rotatable bonds is 7. The Morgan fingerprint density at radius 1 is 1.07 bits per heavy atom. The molecule has 2 aromatic carbocycles. The summed E-state index contributed by atoms with van der Waals surface area (Å²) in [6, 6.07) is 17.1. The van der Waals surface area contributed by atoms with Crippen LogP contribution in [0.1, 0.15) is 13.3 Å². The normalized spacial score (nSPS) is 18.6. The Hall–Kier alpha value is -2.87. The molecule has 2 atom stereocenters. The lowest BCUT2D eigenvalue weighted by molar-refractivity contribution is -0.154. The molecule has 0 aromatic heterocycles. The highest BCUT2D eigenvalue weighted by atomic mass is 32.2. The molecule has 0 bridgehead atoms. The van der Waals surface area contributed by atoms with E-state index in [0.717, 1.165) is 0 Å². The minimum Gasteiger partial charge on any atom is -0.479 e. The van der Waals surface area contributed by atoms with Crippen LogP contribution in [0, 0.1) is 0 Å². The highest BCUT2D eigenvalue weighted by Crippen LogP contribution is 2.24. The number of carbonyl (C=O) groups is 2. The summed E-state index contributed by atoms with van der Waals surface area (Å²) in [5, 5.41) is 0. The van der Waals surface area contributed by atoms with E-state index >= 15 is 0 Å². The Morgan fingerprint density at radius 3 is 2.28 bits per heavy atom. The van der Waals surface area contributed by atoms with Crippen LogP contribution in [0.25, 0.3) is 0 Å². The maximum Gasteiger partial charge on any atom is 0.347 e. The van der Waals surface area contributed by atoms with Gasteiger partial charge in [-0.25, -0.2) is 13.2 Å². The largest absolute Gasteiger partial charge is 0.479 e. The van der Waals surface area contributed by atoms with Gasteiger partial charge in [0.1, 0.15) is 5.75 Å². The van der Waals surface area contributed by atoms with E-state index in [2.05, 4.69) is 0 Å². The van der Waals surface area contributed by atoms with Crippen LogP contribution in [0.4, 0.5) is 5.69 Å². The fraction of sp³-hybridized carbons (Fsp3) is 0.333. The molecule has 0 N–H and O–H groups in total. The second-order valence-corrected chi connectivity index (χ2v) is 9.07. The fourth-order valence-electron chi connectivity index (χ4n) is 3.20. The van der Waals surface area contributed by atoms with E-state index in [1.807, 2.05) is 6.07 Å². The van der Waals surface area contributed by atoms with Gasteiger partial charge in [0.25, 0.3) is 5.91 Å². The standard InChI is InChI=1S/C21H23NO6S/c1-16(28-19-10-6-3-7-11-19)21(24)27-14-20(23)22(17-8-4-2-5-9-17)18-12-13-29(25,26)15-18/h2-11,16,18H,12-15H2,1H3/t16-,18-/m0/s1. The molecule has 1 heterocycles. The minimum atomic E-state index is -3.18. The van der Waals surface area contributed by atoms with Gasteiger partial charge in [0.05, 0.1) is 17.5 Å². The molecule has 0 saturated carbocycles. The first-order chi connectivity index (χ1) is 13.9. The molecule has 1 amide bonds. The van der Waals surface area contributed by atoms with Crippen molar-refractivity contribution in [1.82, 2.24) is 0 Å². The minimum absolute atomic E-state index is 0.0377. The Bertz CT molecular complexity index is 946. The van der Waals surface area contributed by atoms with Gasteiger partial charge in [-0.15, -0.1) is 0 Å². The second kappa shape index (κ2) is 9.09. The number of carbonyl (C=O) groups excluding carboxylic acids is 2. The first-order valence-electron chi connectivity index (χ1n) is 9.31. The molecule has 0 aliphatic carbocycles. The van der Waals surface area contributed by atoms with E-state index < -0.39 is 40.5 Å². The van der Waals surface area contributed by atoms with Gasteiger partial charge in [-0.05, 0) is 37.6 Å². The van der Waals surface area contributed by atoms with Crippen LogP contribution in [0.2, 0.25) is 0 Å². The lowest BCUT2D eigenvalue weighted by Crippen LogP contribution is -2.44. The summed E-state index contributed by atoms with van der Waals surface area (Å²) < 4.78 is 34.4. The molecule has 29 heavy (non-hydrogen) atoms. The number of esters is 1. The third-order valence-electron chi connectivity index (χ3n) is 4.60. The summed E-state index contributed by atoms with van der Waals surface area (Å²) in [5.74, 6) is -0.691. The SMILES string of the molecule is C[C@H](Oc1ccccc1)C(=O)OCC(=O)N(c1ccccc1)[C@H]1CCS(=O)(=O)C1. The molecule has 7 nitrogen and oxygen atoms in total. The second-order valence-electron chi connectivity index (χ2n) is 6.84. The summed E-state index contributed by atoms with van der Waals surface area (Å²) in [4.78, 5) is 26.5. The van der Waals surface area contributed by atoms with Gasteiger partial charge in [0.15, 0.2) is 22.5 Å². The molecule has 154 valence electrons. The van der Waals surface area contributed by atoms with Gasteiger partial charge < -0.3 is 14.4 Å². The molecule has 0 spiro atoms.